The van der Waals surface area contributed by atoms with Crippen LogP contribution in [0.15, 0.2) is 72.8 Å². The summed E-state index contributed by atoms with van der Waals surface area (Å²) >= 11 is 0. The summed E-state index contributed by atoms with van der Waals surface area (Å²) in [5, 5.41) is 0. The van der Waals surface area contributed by atoms with Crippen molar-refractivity contribution < 1.29 is 20.1 Å². The van der Waals surface area contributed by atoms with Gasteiger partial charge in [0.25, 0.3) is 0 Å². The molecule has 0 aliphatic carbocycles. The predicted molar refractivity (Wildman–Crippen MR) is 80.9 cm³/mol. The molecule has 0 fully saturated rings. The third-order valence-electron chi connectivity index (χ3n) is 3.29. The first-order valence-electron chi connectivity index (χ1n) is 6.47. The molecule has 0 spiro atoms. The van der Waals surface area contributed by atoms with Gasteiger partial charge in [0.1, 0.15) is 0 Å². The Morgan fingerprint density at radius 2 is 1.10 bits per heavy atom. The predicted octanol–water partition coefficient (Wildman–Crippen LogP) is 5.13. The van der Waals surface area contributed by atoms with Crippen molar-refractivity contribution in [3.63, 3.8) is 0 Å². The average Bonchev–Trinajstić information content (AvgIpc) is 2.49. The summed E-state index contributed by atoms with van der Waals surface area (Å²) < 4.78 is 0. The van der Waals surface area contributed by atoms with E-state index in [0.717, 1.165) is 0 Å². The van der Waals surface area contributed by atoms with E-state index < -0.39 is 0 Å². The first-order valence-corrected chi connectivity index (χ1v) is 6.47. The number of benzene rings is 3. The summed E-state index contributed by atoms with van der Waals surface area (Å²) in [7, 11) is 0. The Morgan fingerprint density at radius 1 is 0.600 bits per heavy atom. The molecular weight excluding hydrogens is 420 g/mol. The van der Waals surface area contributed by atoms with Crippen molar-refractivity contribution in [2.24, 2.45) is 0 Å². The maximum atomic E-state index is 3.24. The molecule has 101 valence electrons. The van der Waals surface area contributed by atoms with Crippen molar-refractivity contribution in [1.29, 1.82) is 0 Å². The van der Waals surface area contributed by atoms with E-state index in [-0.39, 0.29) is 20.1 Å². The molecule has 3 rings (SSSR count). The Labute approximate surface area is 133 Å². The molecule has 0 nitrogen and oxygen atoms in total. The van der Waals surface area contributed by atoms with Gasteiger partial charge in [-0.15, -0.1) is 5.56 Å². The molecule has 1 radical (unpaired) electrons. The Morgan fingerprint density at radius 3 is 1.65 bits per heavy atom. The zero-order chi connectivity index (χ0) is 13.1. The maximum Gasteiger partial charge on any atom is 0 e. The molecule has 0 atom stereocenters. The molecule has 0 amide bonds. The summed E-state index contributed by atoms with van der Waals surface area (Å²) in [6, 6.07) is 28.7. The van der Waals surface area contributed by atoms with Crippen LogP contribution in [-0.4, -0.2) is 0 Å². The second-order valence-electron chi connectivity index (χ2n) is 4.70. The molecule has 1 heteroatoms. The van der Waals surface area contributed by atoms with E-state index in [1.54, 1.807) is 0 Å². The van der Waals surface area contributed by atoms with Crippen molar-refractivity contribution >= 4 is 0 Å². The second kappa shape index (κ2) is 6.65. The van der Waals surface area contributed by atoms with Crippen LogP contribution in [0.4, 0.5) is 0 Å². The molecule has 3 aromatic carbocycles. The number of aryl methyl sites for hydroxylation is 1. The van der Waals surface area contributed by atoms with Crippen LogP contribution in [0.1, 0.15) is 5.56 Å². The first-order chi connectivity index (χ1) is 9.33. The Hall–Kier alpha value is -1.69. The molecule has 0 heterocycles. The zero-order valence-electron chi connectivity index (χ0n) is 11.3. The monoisotopic (exact) mass is 436 g/mol. The van der Waals surface area contributed by atoms with Crippen LogP contribution >= 0.6 is 0 Å². The Bertz CT molecular complexity index is 652. The van der Waals surface area contributed by atoms with Crippen molar-refractivity contribution in [3.05, 3.63) is 84.4 Å². The van der Waals surface area contributed by atoms with Crippen LogP contribution in [-0.2, 0) is 20.1 Å². The fraction of sp³-hybridized carbons (Fsp3) is 0.0526. The molecule has 0 saturated heterocycles. The Balaban J connectivity index is 0.00000147. The smallest absolute Gasteiger partial charge is 0 e. The summed E-state index contributed by atoms with van der Waals surface area (Å²) in [4.78, 5) is 0. The fourth-order valence-electron chi connectivity index (χ4n) is 2.17. The summed E-state index contributed by atoms with van der Waals surface area (Å²) in [5.41, 5.74) is 6.12. The minimum Gasteiger partial charge on any atom is -0.180 e. The molecule has 0 bridgehead atoms. The molecule has 0 aromatic heterocycles. The molecule has 0 unspecified atom stereocenters. The van der Waals surface area contributed by atoms with Crippen LogP contribution in [0.2, 0.25) is 0 Å². The van der Waals surface area contributed by atoms with Gasteiger partial charge >= 0.3 is 0 Å². The third-order valence-corrected chi connectivity index (χ3v) is 3.29. The summed E-state index contributed by atoms with van der Waals surface area (Å²) in [6.07, 6.45) is 0. The minimum atomic E-state index is 0. The number of hydrogen-bond acceptors (Lipinski definition) is 0. The first kappa shape index (κ1) is 14.7. The SMILES string of the molecule is Cc1[c-]cc(-c2ccc(-c3ccccc3)cc2)cc1.[Ir]. The van der Waals surface area contributed by atoms with E-state index in [4.69, 9.17) is 0 Å². The minimum absolute atomic E-state index is 0. The summed E-state index contributed by atoms with van der Waals surface area (Å²) in [6.45, 7) is 2.06. The number of rotatable bonds is 2. The van der Waals surface area contributed by atoms with Crippen LogP contribution in [0, 0.1) is 13.0 Å². The van der Waals surface area contributed by atoms with Crippen molar-refractivity contribution in [1.82, 2.24) is 0 Å². The van der Waals surface area contributed by atoms with Gasteiger partial charge in [0.05, 0.1) is 0 Å². The quantitative estimate of drug-likeness (QED) is 0.490. The van der Waals surface area contributed by atoms with Gasteiger partial charge in [0.2, 0.25) is 0 Å². The van der Waals surface area contributed by atoms with Crippen LogP contribution in [0.25, 0.3) is 22.3 Å². The molecule has 20 heavy (non-hydrogen) atoms. The van der Waals surface area contributed by atoms with Gasteiger partial charge in [-0.1, -0.05) is 67.1 Å². The van der Waals surface area contributed by atoms with Crippen molar-refractivity contribution in [2.45, 2.75) is 6.92 Å². The van der Waals surface area contributed by atoms with Crippen LogP contribution in [0.5, 0.6) is 0 Å². The molecular formula is C19H15Ir-. The van der Waals surface area contributed by atoms with E-state index in [1.165, 1.54) is 27.8 Å². The van der Waals surface area contributed by atoms with E-state index in [9.17, 15) is 0 Å². The standard InChI is InChI=1S/C19H15.Ir/c1-15-7-9-17(10-8-15)19-13-11-18(12-14-19)16-5-3-2-4-6-16;/h2-7,9-14H,1H3;/q-1;. The van der Waals surface area contributed by atoms with Crippen molar-refractivity contribution in [2.75, 3.05) is 0 Å². The summed E-state index contributed by atoms with van der Waals surface area (Å²) in [5.74, 6) is 0. The second-order valence-corrected chi connectivity index (χ2v) is 4.70. The van der Waals surface area contributed by atoms with Gasteiger partial charge in [0, 0.05) is 20.1 Å². The van der Waals surface area contributed by atoms with Crippen LogP contribution in [0.3, 0.4) is 0 Å². The normalized spacial score (nSPS) is 9.85. The van der Waals surface area contributed by atoms with Gasteiger partial charge in [0.15, 0.2) is 0 Å². The molecule has 0 aliphatic heterocycles. The average molecular weight is 436 g/mol. The topological polar surface area (TPSA) is 0 Å². The third kappa shape index (κ3) is 3.25. The van der Waals surface area contributed by atoms with Gasteiger partial charge in [-0.25, -0.2) is 0 Å². The van der Waals surface area contributed by atoms with Gasteiger partial charge in [-0.3, -0.25) is 0 Å². The Kier molecular flexibility index (Phi) is 4.89. The van der Waals surface area contributed by atoms with Gasteiger partial charge < -0.3 is 0 Å². The molecule has 0 saturated carbocycles. The largest absolute Gasteiger partial charge is 0.180 e. The number of hydrogen-bond donors (Lipinski definition) is 0. The fourth-order valence-corrected chi connectivity index (χ4v) is 2.17. The van der Waals surface area contributed by atoms with E-state index in [0.29, 0.717) is 0 Å². The van der Waals surface area contributed by atoms with Gasteiger partial charge in [-0.2, -0.15) is 29.8 Å². The van der Waals surface area contributed by atoms with E-state index in [1.807, 2.05) is 12.1 Å². The molecule has 0 aliphatic rings. The van der Waals surface area contributed by atoms with Crippen LogP contribution < -0.4 is 0 Å². The zero-order valence-corrected chi connectivity index (χ0v) is 13.7. The molecule has 3 aromatic rings. The molecule has 0 N–H and O–H groups in total. The van der Waals surface area contributed by atoms with E-state index in [2.05, 4.69) is 73.7 Å². The van der Waals surface area contributed by atoms with Gasteiger partial charge in [-0.05, 0) is 11.1 Å². The maximum absolute atomic E-state index is 3.24. The van der Waals surface area contributed by atoms with E-state index >= 15 is 0 Å². The van der Waals surface area contributed by atoms with Crippen molar-refractivity contribution in [3.8, 4) is 22.3 Å².